The third-order valence-corrected chi connectivity index (χ3v) is 3.54. The van der Waals surface area contributed by atoms with E-state index in [0.717, 1.165) is 0 Å². The highest BCUT2D eigenvalue weighted by atomic mass is 35.5. The van der Waals surface area contributed by atoms with E-state index >= 15 is 0 Å². The molecule has 0 spiro atoms. The second-order valence-electron chi connectivity index (χ2n) is 4.76. The van der Waals surface area contributed by atoms with Crippen LogP contribution in [0.5, 0.6) is 0 Å². The SMILES string of the molecule is CC(=O)N1CCOCC1C(=O)NCc1ccc(Cl)cc1F. The predicted octanol–water partition coefficient (Wildman–Crippen LogP) is 1.34. The molecule has 2 amide bonds. The first kappa shape index (κ1) is 15.7. The highest BCUT2D eigenvalue weighted by molar-refractivity contribution is 6.30. The van der Waals surface area contributed by atoms with Crippen molar-refractivity contribution in [1.82, 2.24) is 10.2 Å². The molecule has 2 rings (SSSR count). The number of carbonyl (C=O) groups excluding carboxylic acids is 2. The molecule has 1 atom stereocenters. The van der Waals surface area contributed by atoms with Gasteiger partial charge in [-0.1, -0.05) is 17.7 Å². The Hall–Kier alpha value is -1.66. The van der Waals surface area contributed by atoms with Gasteiger partial charge in [-0.3, -0.25) is 9.59 Å². The van der Waals surface area contributed by atoms with Gasteiger partial charge in [0.15, 0.2) is 0 Å². The number of nitrogens with zero attached hydrogens (tertiary/aromatic N) is 1. The lowest BCUT2D eigenvalue weighted by molar-refractivity contribution is -0.147. The Morgan fingerprint density at radius 1 is 1.52 bits per heavy atom. The molecule has 1 heterocycles. The summed E-state index contributed by atoms with van der Waals surface area (Å²) in [7, 11) is 0. The number of rotatable bonds is 3. The lowest BCUT2D eigenvalue weighted by atomic mass is 10.2. The molecule has 0 bridgehead atoms. The summed E-state index contributed by atoms with van der Waals surface area (Å²) in [5, 5.41) is 2.92. The van der Waals surface area contributed by atoms with Crippen molar-refractivity contribution in [2.75, 3.05) is 19.8 Å². The first-order chi connectivity index (χ1) is 9.99. The zero-order valence-electron chi connectivity index (χ0n) is 11.6. The molecule has 1 unspecified atom stereocenters. The number of ether oxygens (including phenoxy) is 1. The molecule has 114 valence electrons. The maximum atomic E-state index is 13.6. The lowest BCUT2D eigenvalue weighted by Crippen LogP contribution is -2.55. The van der Waals surface area contributed by atoms with Crippen LogP contribution in [-0.4, -0.2) is 42.5 Å². The molecule has 5 nitrogen and oxygen atoms in total. The van der Waals surface area contributed by atoms with Gasteiger partial charge in [0.05, 0.1) is 13.2 Å². The molecule has 1 aliphatic heterocycles. The number of morpholine rings is 1. The molecule has 1 fully saturated rings. The Kier molecular flexibility index (Phi) is 5.14. The number of carbonyl (C=O) groups is 2. The largest absolute Gasteiger partial charge is 0.377 e. The van der Waals surface area contributed by atoms with Crippen LogP contribution < -0.4 is 5.32 Å². The number of hydrogen-bond donors (Lipinski definition) is 1. The summed E-state index contributed by atoms with van der Waals surface area (Å²) in [6.07, 6.45) is 0. The van der Waals surface area contributed by atoms with Crippen LogP contribution in [-0.2, 0) is 20.9 Å². The van der Waals surface area contributed by atoms with Gasteiger partial charge in [-0.05, 0) is 12.1 Å². The van der Waals surface area contributed by atoms with Crippen LogP contribution in [0.1, 0.15) is 12.5 Å². The van der Waals surface area contributed by atoms with Crippen LogP contribution in [0.3, 0.4) is 0 Å². The maximum absolute atomic E-state index is 13.6. The van der Waals surface area contributed by atoms with E-state index in [0.29, 0.717) is 23.7 Å². The third-order valence-electron chi connectivity index (χ3n) is 3.30. The van der Waals surface area contributed by atoms with Crippen LogP contribution in [0.4, 0.5) is 4.39 Å². The van der Waals surface area contributed by atoms with Crippen LogP contribution in [0.15, 0.2) is 18.2 Å². The Morgan fingerprint density at radius 2 is 2.29 bits per heavy atom. The van der Waals surface area contributed by atoms with Crippen molar-refractivity contribution in [2.24, 2.45) is 0 Å². The van der Waals surface area contributed by atoms with Crippen molar-refractivity contribution >= 4 is 23.4 Å². The van der Waals surface area contributed by atoms with Crippen LogP contribution in [0.2, 0.25) is 5.02 Å². The predicted molar refractivity (Wildman–Crippen MR) is 75.3 cm³/mol. The number of hydrogen-bond acceptors (Lipinski definition) is 3. The molecule has 1 aromatic carbocycles. The topological polar surface area (TPSA) is 58.6 Å². The molecule has 7 heteroatoms. The molecule has 0 saturated carbocycles. The normalized spacial score (nSPS) is 18.4. The van der Waals surface area contributed by atoms with Gasteiger partial charge in [0, 0.05) is 30.6 Å². The van der Waals surface area contributed by atoms with Gasteiger partial charge >= 0.3 is 0 Å². The Bertz CT molecular complexity index is 553. The Morgan fingerprint density at radius 3 is 2.95 bits per heavy atom. The van der Waals surface area contributed by atoms with Crippen LogP contribution in [0.25, 0.3) is 0 Å². The van der Waals surface area contributed by atoms with Crippen LogP contribution >= 0.6 is 11.6 Å². The molecule has 1 N–H and O–H groups in total. The highest BCUT2D eigenvalue weighted by Crippen LogP contribution is 2.15. The quantitative estimate of drug-likeness (QED) is 0.916. The highest BCUT2D eigenvalue weighted by Gasteiger charge is 2.30. The van der Waals surface area contributed by atoms with E-state index in [1.807, 2.05) is 0 Å². The zero-order valence-corrected chi connectivity index (χ0v) is 12.3. The second-order valence-corrected chi connectivity index (χ2v) is 5.19. The molecule has 1 aliphatic rings. The molecule has 21 heavy (non-hydrogen) atoms. The van der Waals surface area contributed by atoms with E-state index in [2.05, 4.69) is 5.32 Å². The fourth-order valence-corrected chi connectivity index (χ4v) is 2.32. The number of amides is 2. The molecule has 0 aromatic heterocycles. The van der Waals surface area contributed by atoms with Crippen molar-refractivity contribution in [3.05, 3.63) is 34.6 Å². The summed E-state index contributed by atoms with van der Waals surface area (Å²) in [6, 6.07) is 3.58. The minimum atomic E-state index is -0.674. The van der Waals surface area contributed by atoms with Gasteiger partial charge in [-0.2, -0.15) is 0 Å². The standard InChI is InChI=1S/C14H16ClFN2O3/c1-9(19)18-4-5-21-8-13(18)14(20)17-7-10-2-3-11(15)6-12(10)16/h2-3,6,13H,4-5,7-8H2,1H3,(H,17,20). The summed E-state index contributed by atoms with van der Waals surface area (Å²) in [6.45, 7) is 2.38. The Balaban J connectivity index is 1.98. The maximum Gasteiger partial charge on any atom is 0.245 e. The van der Waals surface area contributed by atoms with Gasteiger partial charge in [-0.25, -0.2) is 4.39 Å². The zero-order chi connectivity index (χ0) is 15.4. The fraction of sp³-hybridized carbons (Fsp3) is 0.429. The Labute approximate surface area is 127 Å². The minimum absolute atomic E-state index is 0.0318. The van der Waals surface area contributed by atoms with Crippen LogP contribution in [0, 0.1) is 5.82 Å². The molecule has 1 saturated heterocycles. The monoisotopic (exact) mass is 314 g/mol. The summed E-state index contributed by atoms with van der Waals surface area (Å²) < 4.78 is 18.9. The molecular formula is C14H16ClFN2O3. The van der Waals surface area contributed by atoms with E-state index < -0.39 is 11.9 Å². The second kappa shape index (κ2) is 6.87. The van der Waals surface area contributed by atoms with Gasteiger partial charge in [0.25, 0.3) is 0 Å². The number of nitrogens with one attached hydrogen (secondary N) is 1. The number of benzene rings is 1. The van der Waals surface area contributed by atoms with Crippen molar-refractivity contribution in [3.63, 3.8) is 0 Å². The first-order valence-electron chi connectivity index (χ1n) is 6.55. The molecule has 0 aliphatic carbocycles. The van der Waals surface area contributed by atoms with Crippen molar-refractivity contribution in [1.29, 1.82) is 0 Å². The third kappa shape index (κ3) is 3.92. The van der Waals surface area contributed by atoms with E-state index in [1.165, 1.54) is 24.0 Å². The van der Waals surface area contributed by atoms with Gasteiger partial charge in [-0.15, -0.1) is 0 Å². The summed E-state index contributed by atoms with van der Waals surface area (Å²) in [4.78, 5) is 25.1. The van der Waals surface area contributed by atoms with E-state index in [4.69, 9.17) is 16.3 Å². The van der Waals surface area contributed by atoms with E-state index in [9.17, 15) is 14.0 Å². The minimum Gasteiger partial charge on any atom is -0.377 e. The average molecular weight is 315 g/mol. The number of halogens is 2. The average Bonchev–Trinajstić information content (AvgIpc) is 2.46. The summed E-state index contributed by atoms with van der Waals surface area (Å²) >= 11 is 5.67. The summed E-state index contributed by atoms with van der Waals surface area (Å²) in [5.74, 6) is -1.03. The van der Waals surface area contributed by atoms with Crippen molar-refractivity contribution in [3.8, 4) is 0 Å². The van der Waals surface area contributed by atoms with Crippen molar-refractivity contribution < 1.29 is 18.7 Å². The van der Waals surface area contributed by atoms with Gasteiger partial charge in [0.1, 0.15) is 11.9 Å². The lowest BCUT2D eigenvalue weighted by Gasteiger charge is -2.33. The van der Waals surface area contributed by atoms with Crippen molar-refractivity contribution in [2.45, 2.75) is 19.5 Å². The van der Waals surface area contributed by atoms with E-state index in [-0.39, 0.29) is 25.0 Å². The summed E-state index contributed by atoms with van der Waals surface area (Å²) in [5.41, 5.74) is 0.332. The fourth-order valence-electron chi connectivity index (χ4n) is 2.16. The molecule has 1 aromatic rings. The molecular weight excluding hydrogens is 299 g/mol. The smallest absolute Gasteiger partial charge is 0.245 e. The molecule has 0 radical (unpaired) electrons. The van der Waals surface area contributed by atoms with Gasteiger partial charge < -0.3 is 15.0 Å². The first-order valence-corrected chi connectivity index (χ1v) is 6.93. The van der Waals surface area contributed by atoms with E-state index in [1.54, 1.807) is 6.07 Å². The van der Waals surface area contributed by atoms with Gasteiger partial charge in [0.2, 0.25) is 11.8 Å².